The molecule has 7 nitrogen and oxygen atoms in total. The summed E-state index contributed by atoms with van der Waals surface area (Å²) in [6.45, 7) is 13.9. The zero-order valence-corrected chi connectivity index (χ0v) is 22.1. The Hall–Kier alpha value is -0.900. The first-order valence-corrected chi connectivity index (χ1v) is 12.3. The average molecular weight is 544 g/mol. The lowest BCUT2D eigenvalue weighted by atomic mass is 9.79. The van der Waals surface area contributed by atoms with Crippen LogP contribution < -0.4 is 5.32 Å². The molecule has 2 aliphatic heterocycles. The van der Waals surface area contributed by atoms with E-state index in [4.69, 9.17) is 4.99 Å². The van der Waals surface area contributed by atoms with Crippen molar-refractivity contribution < 1.29 is 0 Å². The van der Waals surface area contributed by atoms with Gasteiger partial charge in [-0.1, -0.05) is 13.8 Å². The van der Waals surface area contributed by atoms with Gasteiger partial charge in [-0.05, 0) is 57.3 Å². The van der Waals surface area contributed by atoms with E-state index < -0.39 is 0 Å². The maximum Gasteiger partial charge on any atom is 0.194 e. The van der Waals surface area contributed by atoms with Crippen LogP contribution in [0.2, 0.25) is 0 Å². The molecule has 1 N–H and O–H groups in total. The zero-order chi connectivity index (χ0) is 20.9. The van der Waals surface area contributed by atoms with Gasteiger partial charge in [-0.2, -0.15) is 0 Å². The predicted octanol–water partition coefficient (Wildman–Crippen LogP) is 3.53. The Morgan fingerprint density at radius 1 is 1.03 bits per heavy atom. The molecule has 0 amide bonds. The van der Waals surface area contributed by atoms with E-state index in [1.54, 1.807) is 0 Å². The second-order valence-corrected chi connectivity index (χ2v) is 9.65. The van der Waals surface area contributed by atoms with Crippen molar-refractivity contribution in [3.05, 3.63) is 11.6 Å². The van der Waals surface area contributed by atoms with Crippen LogP contribution in [0.1, 0.15) is 70.9 Å². The number of nitrogens with zero attached hydrogens (tertiary/aromatic N) is 6. The van der Waals surface area contributed by atoms with Crippen molar-refractivity contribution in [1.29, 1.82) is 0 Å². The van der Waals surface area contributed by atoms with Gasteiger partial charge in [0.25, 0.3) is 0 Å². The molecule has 0 bridgehead atoms. The number of fused-ring (bicyclic) bond motifs is 1. The topological polar surface area (TPSA) is 61.6 Å². The Balaban J connectivity index is 0.00000272. The number of aromatic nitrogens is 3. The van der Waals surface area contributed by atoms with E-state index in [1.807, 2.05) is 0 Å². The SMILES string of the molecule is CCNC(=NCc1nnc2n1CCCC2)N1CCN(C2CCC(C(C)C)CC2)CC1.I. The minimum absolute atomic E-state index is 0. The van der Waals surface area contributed by atoms with E-state index >= 15 is 0 Å². The summed E-state index contributed by atoms with van der Waals surface area (Å²) < 4.78 is 2.28. The van der Waals surface area contributed by atoms with Crippen molar-refractivity contribution in [2.75, 3.05) is 32.7 Å². The van der Waals surface area contributed by atoms with Gasteiger partial charge in [0.1, 0.15) is 12.4 Å². The van der Waals surface area contributed by atoms with Crippen molar-refractivity contribution in [2.45, 2.75) is 84.8 Å². The van der Waals surface area contributed by atoms with E-state index in [2.05, 4.69) is 50.7 Å². The van der Waals surface area contributed by atoms with Crippen LogP contribution in [-0.4, -0.2) is 69.3 Å². The molecule has 176 valence electrons. The minimum atomic E-state index is 0. The van der Waals surface area contributed by atoms with E-state index in [1.165, 1.54) is 38.5 Å². The fourth-order valence-corrected chi connectivity index (χ4v) is 5.49. The summed E-state index contributed by atoms with van der Waals surface area (Å²) >= 11 is 0. The fourth-order valence-electron chi connectivity index (χ4n) is 5.49. The quantitative estimate of drug-likeness (QED) is 0.350. The zero-order valence-electron chi connectivity index (χ0n) is 19.7. The van der Waals surface area contributed by atoms with Crippen LogP contribution in [0.25, 0.3) is 0 Å². The minimum Gasteiger partial charge on any atom is -0.357 e. The maximum absolute atomic E-state index is 4.94. The number of hydrogen-bond donors (Lipinski definition) is 1. The van der Waals surface area contributed by atoms with Crippen LogP contribution in [0.3, 0.4) is 0 Å². The normalized spacial score (nSPS) is 25.3. The first-order chi connectivity index (χ1) is 14.7. The fraction of sp³-hybridized carbons (Fsp3) is 0.870. The Morgan fingerprint density at radius 3 is 2.45 bits per heavy atom. The molecule has 3 aliphatic rings. The van der Waals surface area contributed by atoms with Gasteiger partial charge in [0.15, 0.2) is 11.8 Å². The largest absolute Gasteiger partial charge is 0.357 e. The number of halogens is 1. The molecule has 8 heteroatoms. The molecule has 0 unspecified atom stereocenters. The van der Waals surface area contributed by atoms with E-state index in [9.17, 15) is 0 Å². The molecule has 31 heavy (non-hydrogen) atoms. The molecule has 1 saturated carbocycles. The van der Waals surface area contributed by atoms with Gasteiger partial charge < -0.3 is 14.8 Å². The first kappa shape index (κ1) is 24.7. The van der Waals surface area contributed by atoms with Crippen molar-refractivity contribution in [2.24, 2.45) is 16.8 Å². The highest BCUT2D eigenvalue weighted by Gasteiger charge is 2.30. The number of aryl methyl sites for hydroxylation is 1. The average Bonchev–Trinajstić information content (AvgIpc) is 3.20. The van der Waals surface area contributed by atoms with Crippen LogP contribution in [-0.2, 0) is 19.5 Å². The summed E-state index contributed by atoms with van der Waals surface area (Å²) in [7, 11) is 0. The monoisotopic (exact) mass is 543 g/mol. The summed E-state index contributed by atoms with van der Waals surface area (Å²) in [6.07, 6.45) is 9.10. The molecule has 1 aromatic heterocycles. The van der Waals surface area contributed by atoms with Crippen molar-refractivity contribution >= 4 is 29.9 Å². The lowest BCUT2D eigenvalue weighted by Crippen LogP contribution is -2.55. The van der Waals surface area contributed by atoms with Gasteiger partial charge in [-0.3, -0.25) is 4.90 Å². The summed E-state index contributed by atoms with van der Waals surface area (Å²) in [6, 6.07) is 0.796. The van der Waals surface area contributed by atoms with E-state index in [-0.39, 0.29) is 24.0 Å². The number of nitrogens with one attached hydrogen (secondary N) is 1. The summed E-state index contributed by atoms with van der Waals surface area (Å²) in [5.74, 6) is 4.97. The lowest BCUT2D eigenvalue weighted by molar-refractivity contribution is 0.0864. The van der Waals surface area contributed by atoms with Gasteiger partial charge in [0.2, 0.25) is 0 Å². The highest BCUT2D eigenvalue weighted by atomic mass is 127. The molecule has 0 aromatic carbocycles. The van der Waals surface area contributed by atoms with Crippen molar-refractivity contribution in [1.82, 2.24) is 29.9 Å². The summed E-state index contributed by atoms with van der Waals surface area (Å²) in [5.41, 5.74) is 0. The lowest BCUT2D eigenvalue weighted by Gasteiger charge is -2.43. The van der Waals surface area contributed by atoms with Gasteiger partial charge >= 0.3 is 0 Å². The Kier molecular flexibility index (Phi) is 9.43. The molecule has 0 radical (unpaired) electrons. The van der Waals surface area contributed by atoms with Crippen molar-refractivity contribution in [3.63, 3.8) is 0 Å². The van der Waals surface area contributed by atoms with Gasteiger partial charge in [0.05, 0.1) is 0 Å². The highest BCUT2D eigenvalue weighted by Crippen LogP contribution is 2.32. The Morgan fingerprint density at radius 2 is 1.77 bits per heavy atom. The number of guanidine groups is 1. The van der Waals surface area contributed by atoms with Gasteiger partial charge in [-0.25, -0.2) is 4.99 Å². The number of aliphatic imine (C=N–C) groups is 1. The van der Waals surface area contributed by atoms with Crippen molar-refractivity contribution in [3.8, 4) is 0 Å². The molecule has 0 spiro atoms. The third-order valence-corrected chi connectivity index (χ3v) is 7.46. The van der Waals surface area contributed by atoms with Crippen LogP contribution in [0.4, 0.5) is 0 Å². The van der Waals surface area contributed by atoms with Gasteiger partial charge in [-0.15, -0.1) is 34.2 Å². The maximum atomic E-state index is 4.94. The molecule has 1 saturated heterocycles. The van der Waals surface area contributed by atoms with Crippen LogP contribution in [0.15, 0.2) is 4.99 Å². The van der Waals surface area contributed by atoms with Crippen LogP contribution in [0.5, 0.6) is 0 Å². The standard InChI is InChI=1S/C23H41N7.HI/c1-4-24-23(25-17-22-27-26-21-7-5-6-12-30(21)22)29-15-13-28(14-16-29)20-10-8-19(9-11-20)18(2)3;/h18-20H,4-17H2,1-3H3,(H,24,25);1H. The Bertz CT molecular complexity index is 701. The summed E-state index contributed by atoms with van der Waals surface area (Å²) in [5, 5.41) is 12.3. The third-order valence-electron chi connectivity index (χ3n) is 7.46. The molecule has 0 atom stereocenters. The van der Waals surface area contributed by atoms with E-state index in [0.717, 1.165) is 81.2 Å². The highest BCUT2D eigenvalue weighted by molar-refractivity contribution is 14.0. The smallest absolute Gasteiger partial charge is 0.194 e. The molecule has 1 aromatic rings. The molecule has 3 heterocycles. The molecular formula is C23H42IN7. The second kappa shape index (κ2) is 11.8. The number of hydrogen-bond acceptors (Lipinski definition) is 4. The molecule has 2 fully saturated rings. The Labute approximate surface area is 205 Å². The molecule has 1 aliphatic carbocycles. The van der Waals surface area contributed by atoms with Crippen LogP contribution >= 0.6 is 24.0 Å². The van der Waals surface area contributed by atoms with Gasteiger partial charge in [0, 0.05) is 51.7 Å². The second-order valence-electron chi connectivity index (χ2n) is 9.65. The van der Waals surface area contributed by atoms with Crippen LogP contribution in [0, 0.1) is 11.8 Å². The van der Waals surface area contributed by atoms with E-state index in [0.29, 0.717) is 6.54 Å². The molecule has 4 rings (SSSR count). The first-order valence-electron chi connectivity index (χ1n) is 12.3. The molecular weight excluding hydrogens is 501 g/mol. The predicted molar refractivity (Wildman–Crippen MR) is 137 cm³/mol. The summed E-state index contributed by atoms with van der Waals surface area (Å²) in [4.78, 5) is 10.1. The third kappa shape index (κ3) is 6.12. The number of piperazine rings is 1. The number of rotatable bonds is 5.